The fourth-order valence-corrected chi connectivity index (χ4v) is 5.24. The molecule has 0 saturated carbocycles. The summed E-state index contributed by atoms with van der Waals surface area (Å²) in [6, 6.07) is 25.3. The highest BCUT2D eigenvalue weighted by atomic mass is 16.7. The van der Waals surface area contributed by atoms with Gasteiger partial charge in [0.2, 0.25) is 0 Å². The van der Waals surface area contributed by atoms with Crippen molar-refractivity contribution in [1.82, 2.24) is 0 Å². The van der Waals surface area contributed by atoms with Gasteiger partial charge in [-0.2, -0.15) is 0 Å². The minimum absolute atomic E-state index is 0.0862. The highest BCUT2D eigenvalue weighted by Crippen LogP contribution is 2.33. The van der Waals surface area contributed by atoms with Gasteiger partial charge in [0.25, 0.3) is 0 Å². The number of rotatable bonds is 11. The minimum Gasteiger partial charge on any atom is -0.497 e. The number of esters is 3. The Kier molecular flexibility index (Phi) is 9.97. The summed E-state index contributed by atoms with van der Waals surface area (Å²) in [6.07, 6.45) is -3.79. The van der Waals surface area contributed by atoms with Crippen molar-refractivity contribution in [1.29, 1.82) is 0 Å². The fourth-order valence-electron chi connectivity index (χ4n) is 5.24. The Bertz CT molecular complexity index is 1720. The van der Waals surface area contributed by atoms with Gasteiger partial charge in [0.15, 0.2) is 12.4 Å². The second-order valence-corrected chi connectivity index (χ2v) is 10.9. The third-order valence-corrected chi connectivity index (χ3v) is 7.85. The van der Waals surface area contributed by atoms with Gasteiger partial charge in [0.05, 0.1) is 44.1 Å². The first-order valence-corrected chi connectivity index (χ1v) is 15.0. The summed E-state index contributed by atoms with van der Waals surface area (Å²) >= 11 is 0. The van der Waals surface area contributed by atoms with E-state index in [-0.39, 0.29) is 24.5 Å². The quantitative estimate of drug-likeness (QED) is 0.137. The van der Waals surface area contributed by atoms with Crippen LogP contribution in [0.2, 0.25) is 0 Å². The van der Waals surface area contributed by atoms with Crippen LogP contribution in [0.15, 0.2) is 97.1 Å². The zero-order valence-electron chi connectivity index (χ0n) is 26.0. The average Bonchev–Trinajstić information content (AvgIpc) is 3.71. The summed E-state index contributed by atoms with van der Waals surface area (Å²) in [4.78, 5) is 37.7. The summed E-state index contributed by atoms with van der Waals surface area (Å²) in [7, 11) is 3.07. The normalized spacial score (nSPS) is 20.3. The van der Waals surface area contributed by atoms with E-state index in [0.717, 1.165) is 0 Å². The Labute approximate surface area is 275 Å². The van der Waals surface area contributed by atoms with Crippen molar-refractivity contribution < 1.29 is 57.4 Å². The van der Waals surface area contributed by atoms with Gasteiger partial charge in [-0.15, -0.1) is 0 Å². The van der Waals surface area contributed by atoms with Crippen LogP contribution in [0.5, 0.6) is 23.0 Å². The molecule has 5 atom stereocenters. The van der Waals surface area contributed by atoms with Crippen LogP contribution >= 0.6 is 0 Å². The molecule has 2 saturated heterocycles. The first-order chi connectivity index (χ1) is 23.3. The molecule has 1 N–H and O–H groups in total. The van der Waals surface area contributed by atoms with Crippen molar-refractivity contribution in [2.75, 3.05) is 27.4 Å². The molecule has 2 heterocycles. The van der Waals surface area contributed by atoms with Crippen LogP contribution in [0.1, 0.15) is 42.9 Å². The predicted octanol–water partition coefficient (Wildman–Crippen LogP) is 4.54. The number of carbonyl (C=O) groups is 3. The Morgan fingerprint density at radius 3 is 1.46 bits per heavy atom. The van der Waals surface area contributed by atoms with Crippen molar-refractivity contribution in [3.05, 3.63) is 119 Å². The Hall–Kier alpha value is -5.27. The van der Waals surface area contributed by atoms with Crippen LogP contribution in [0.4, 0.5) is 0 Å². The lowest BCUT2D eigenvalue weighted by Crippen LogP contribution is -2.35. The maximum Gasteiger partial charge on any atom is 0.343 e. The van der Waals surface area contributed by atoms with Crippen molar-refractivity contribution in [3.8, 4) is 23.0 Å². The lowest BCUT2D eigenvalue weighted by molar-refractivity contribution is -0.163. The summed E-state index contributed by atoms with van der Waals surface area (Å²) < 4.78 is 44.2. The summed E-state index contributed by atoms with van der Waals surface area (Å²) in [5.41, 5.74) is 1.40. The molecule has 0 spiro atoms. The van der Waals surface area contributed by atoms with Gasteiger partial charge in [0.1, 0.15) is 41.3 Å². The molecule has 0 bridgehead atoms. The fraction of sp³-hybridized carbons (Fsp3) is 0.250. The molecule has 0 aromatic heterocycles. The Balaban J connectivity index is 0.975. The molecular formula is C36H32O12. The molecule has 0 radical (unpaired) electrons. The molecule has 0 amide bonds. The van der Waals surface area contributed by atoms with Crippen LogP contribution < -0.4 is 18.9 Å². The molecule has 4 unspecified atom stereocenters. The SMILES string of the molecule is COc1ccc(C(=O)Oc2ccc(C(=O)O[C@@H]3COC4C(OC(O)c5ccc(OC(=O)c6ccc(OC)cc6)cc5)COC43)cc2)cc1. The van der Waals surface area contributed by atoms with E-state index in [1.165, 1.54) is 38.5 Å². The third-order valence-electron chi connectivity index (χ3n) is 7.85. The van der Waals surface area contributed by atoms with Gasteiger partial charge >= 0.3 is 17.9 Å². The van der Waals surface area contributed by atoms with Gasteiger partial charge in [0, 0.05) is 5.56 Å². The van der Waals surface area contributed by atoms with Gasteiger partial charge in [-0.25, -0.2) is 14.4 Å². The van der Waals surface area contributed by atoms with Crippen molar-refractivity contribution in [3.63, 3.8) is 0 Å². The monoisotopic (exact) mass is 656 g/mol. The van der Waals surface area contributed by atoms with E-state index in [2.05, 4.69) is 0 Å². The number of carbonyl (C=O) groups excluding carboxylic acids is 3. The van der Waals surface area contributed by atoms with E-state index < -0.39 is 48.6 Å². The molecule has 4 aromatic carbocycles. The molecule has 0 aliphatic carbocycles. The minimum atomic E-state index is -1.31. The van der Waals surface area contributed by atoms with E-state index in [1.54, 1.807) is 72.8 Å². The second-order valence-electron chi connectivity index (χ2n) is 10.9. The number of benzene rings is 4. The van der Waals surface area contributed by atoms with Crippen LogP contribution in [-0.4, -0.2) is 74.9 Å². The summed E-state index contributed by atoms with van der Waals surface area (Å²) in [6.45, 7) is 0.203. The van der Waals surface area contributed by atoms with Crippen LogP contribution in [0, 0.1) is 0 Å². The topological polar surface area (TPSA) is 145 Å². The van der Waals surface area contributed by atoms with Gasteiger partial charge in [-0.1, -0.05) is 12.1 Å². The highest BCUT2D eigenvalue weighted by molar-refractivity contribution is 5.92. The zero-order chi connectivity index (χ0) is 33.6. The number of fused-ring (bicyclic) bond motifs is 1. The molecule has 2 fully saturated rings. The Morgan fingerprint density at radius 1 is 0.583 bits per heavy atom. The van der Waals surface area contributed by atoms with Crippen molar-refractivity contribution in [2.45, 2.75) is 30.7 Å². The number of methoxy groups -OCH3 is 2. The van der Waals surface area contributed by atoms with Gasteiger partial charge < -0.3 is 43.0 Å². The maximum absolute atomic E-state index is 12.9. The van der Waals surface area contributed by atoms with Gasteiger partial charge in [-0.05, 0) is 84.9 Å². The third kappa shape index (κ3) is 7.48. The van der Waals surface area contributed by atoms with E-state index >= 15 is 0 Å². The first-order valence-electron chi connectivity index (χ1n) is 15.0. The molecule has 12 heteroatoms. The smallest absolute Gasteiger partial charge is 0.343 e. The van der Waals surface area contributed by atoms with Crippen LogP contribution in [0.3, 0.4) is 0 Å². The van der Waals surface area contributed by atoms with E-state index in [1.807, 2.05) is 0 Å². The predicted molar refractivity (Wildman–Crippen MR) is 167 cm³/mol. The van der Waals surface area contributed by atoms with E-state index in [9.17, 15) is 19.5 Å². The molecule has 2 aliphatic rings. The summed E-state index contributed by atoms with van der Waals surface area (Å²) in [5.74, 6) is 0.116. The molecule has 6 rings (SSSR count). The number of hydrogen-bond donors (Lipinski definition) is 1. The Morgan fingerprint density at radius 2 is 0.979 bits per heavy atom. The van der Waals surface area contributed by atoms with Crippen molar-refractivity contribution >= 4 is 17.9 Å². The number of hydrogen-bond acceptors (Lipinski definition) is 12. The van der Waals surface area contributed by atoms with Crippen molar-refractivity contribution in [2.24, 2.45) is 0 Å². The molecule has 12 nitrogen and oxygen atoms in total. The first kappa shape index (κ1) is 32.7. The molecule has 4 aromatic rings. The number of aliphatic hydroxyl groups excluding tert-OH is 1. The zero-order valence-corrected chi connectivity index (χ0v) is 26.0. The number of ether oxygens (including phenoxy) is 8. The van der Waals surface area contributed by atoms with E-state index in [4.69, 9.17) is 37.9 Å². The summed E-state index contributed by atoms with van der Waals surface area (Å²) in [5, 5.41) is 10.7. The lowest BCUT2D eigenvalue weighted by Gasteiger charge is -2.21. The second kappa shape index (κ2) is 14.7. The standard InChI is InChI=1S/C36H32O12/c1-41-25-11-3-21(4-12-25)33(37)45-27-15-7-23(8-16-27)35(39)47-29-19-43-32-30(20-44-31(29)32)48-36(40)24-9-17-28(18-10-24)46-34(38)22-5-13-26(42-2)14-6-22/h3-18,29-32,35,39H,19-20H2,1-2H3/t29?,30-,31?,32?,35?/m1/s1. The highest BCUT2D eigenvalue weighted by Gasteiger charge is 2.50. The molecule has 2 aliphatic heterocycles. The van der Waals surface area contributed by atoms with Gasteiger partial charge in [-0.3, -0.25) is 0 Å². The maximum atomic E-state index is 12.9. The molecular weight excluding hydrogens is 624 g/mol. The lowest BCUT2D eigenvalue weighted by atomic mass is 10.1. The van der Waals surface area contributed by atoms with Crippen LogP contribution in [0.25, 0.3) is 0 Å². The van der Waals surface area contributed by atoms with Crippen LogP contribution in [-0.2, 0) is 18.9 Å². The average molecular weight is 657 g/mol. The number of aliphatic hydroxyl groups is 1. The largest absolute Gasteiger partial charge is 0.497 e. The van der Waals surface area contributed by atoms with E-state index in [0.29, 0.717) is 33.9 Å². The molecule has 48 heavy (non-hydrogen) atoms. The molecule has 248 valence electrons.